The van der Waals surface area contributed by atoms with Crippen molar-refractivity contribution >= 4 is 17.9 Å². The van der Waals surface area contributed by atoms with Gasteiger partial charge in [0.15, 0.2) is 0 Å². The fourth-order valence-corrected chi connectivity index (χ4v) is 2.79. The van der Waals surface area contributed by atoms with Crippen molar-refractivity contribution in [1.82, 2.24) is 14.9 Å². The first-order chi connectivity index (χ1) is 14.2. The van der Waals surface area contributed by atoms with Gasteiger partial charge in [0, 0.05) is 25.7 Å². The second-order valence-corrected chi connectivity index (χ2v) is 6.49. The van der Waals surface area contributed by atoms with Crippen molar-refractivity contribution in [2.45, 2.75) is 6.54 Å². The summed E-state index contributed by atoms with van der Waals surface area (Å²) in [6, 6.07) is 8.20. The highest BCUT2D eigenvalue weighted by Crippen LogP contribution is 2.14. The highest BCUT2D eigenvalue weighted by Gasteiger charge is 2.10. The van der Waals surface area contributed by atoms with Crippen LogP contribution in [0.25, 0.3) is 6.08 Å². The summed E-state index contributed by atoms with van der Waals surface area (Å²) in [6.07, 6.45) is 6.04. The minimum Gasteiger partial charge on any atom is -0.492 e. The topological polar surface area (TPSA) is 85.8 Å². The van der Waals surface area contributed by atoms with Gasteiger partial charge in [0.1, 0.15) is 18.2 Å². The number of carbonyl (C=O) groups is 1. The maximum absolute atomic E-state index is 11.1. The van der Waals surface area contributed by atoms with E-state index in [1.807, 2.05) is 12.1 Å². The molecule has 0 bridgehead atoms. The zero-order valence-corrected chi connectivity index (χ0v) is 16.5. The van der Waals surface area contributed by atoms with Gasteiger partial charge in [-0.3, -0.25) is 9.88 Å². The second kappa shape index (κ2) is 11.1. The van der Waals surface area contributed by atoms with Crippen LogP contribution >= 0.6 is 0 Å². The zero-order valence-electron chi connectivity index (χ0n) is 16.5. The fraction of sp³-hybridized carbons (Fsp3) is 0.381. The molecule has 2 heterocycles. The molecule has 0 atom stereocenters. The molecule has 154 valence electrons. The third-order valence-electron chi connectivity index (χ3n) is 4.37. The van der Waals surface area contributed by atoms with Crippen LogP contribution < -0.4 is 10.1 Å². The van der Waals surface area contributed by atoms with Gasteiger partial charge in [0.05, 0.1) is 45.0 Å². The highest BCUT2D eigenvalue weighted by molar-refractivity contribution is 5.86. The van der Waals surface area contributed by atoms with Crippen molar-refractivity contribution in [3.8, 4) is 5.75 Å². The van der Waals surface area contributed by atoms with Gasteiger partial charge in [0.2, 0.25) is 0 Å². The number of hydrogen-bond acceptors (Lipinski definition) is 8. The van der Waals surface area contributed by atoms with Gasteiger partial charge in [-0.05, 0) is 23.8 Å². The van der Waals surface area contributed by atoms with Crippen molar-refractivity contribution in [1.29, 1.82) is 0 Å². The summed E-state index contributed by atoms with van der Waals surface area (Å²) in [5, 5.41) is 3.15. The lowest BCUT2D eigenvalue weighted by Crippen LogP contribution is -2.35. The van der Waals surface area contributed by atoms with E-state index in [-0.39, 0.29) is 0 Å². The number of anilines is 1. The number of methoxy groups -OCH3 is 1. The van der Waals surface area contributed by atoms with Crippen LogP contribution in [0.3, 0.4) is 0 Å². The van der Waals surface area contributed by atoms with Crippen LogP contribution in [-0.2, 0) is 20.8 Å². The predicted molar refractivity (Wildman–Crippen MR) is 110 cm³/mol. The third-order valence-corrected chi connectivity index (χ3v) is 4.37. The Labute approximate surface area is 170 Å². The molecule has 0 unspecified atom stereocenters. The third kappa shape index (κ3) is 7.17. The summed E-state index contributed by atoms with van der Waals surface area (Å²) in [6.45, 7) is 5.63. The molecule has 8 heteroatoms. The smallest absolute Gasteiger partial charge is 0.330 e. The Morgan fingerprint density at radius 3 is 2.69 bits per heavy atom. The van der Waals surface area contributed by atoms with Gasteiger partial charge < -0.3 is 19.5 Å². The Morgan fingerprint density at radius 1 is 1.21 bits per heavy atom. The Kier molecular flexibility index (Phi) is 7.97. The molecule has 8 nitrogen and oxygen atoms in total. The monoisotopic (exact) mass is 398 g/mol. The molecular weight excluding hydrogens is 372 g/mol. The van der Waals surface area contributed by atoms with E-state index in [1.54, 1.807) is 18.5 Å². The van der Waals surface area contributed by atoms with E-state index in [1.165, 1.54) is 18.7 Å². The number of benzene rings is 1. The molecule has 0 spiro atoms. The molecule has 29 heavy (non-hydrogen) atoms. The Bertz CT molecular complexity index is 787. The molecule has 1 aliphatic heterocycles. The number of aromatic nitrogens is 2. The Morgan fingerprint density at radius 2 is 2.00 bits per heavy atom. The number of ether oxygens (including phenoxy) is 3. The predicted octanol–water partition coefficient (Wildman–Crippen LogP) is 1.99. The molecule has 0 saturated carbocycles. The lowest BCUT2D eigenvalue weighted by molar-refractivity contribution is -0.134. The molecular formula is C21H26N4O4. The number of esters is 1. The van der Waals surface area contributed by atoms with E-state index in [2.05, 4.69) is 37.1 Å². The first kappa shape index (κ1) is 20.8. The van der Waals surface area contributed by atoms with E-state index in [0.717, 1.165) is 38.6 Å². The van der Waals surface area contributed by atoms with Crippen LogP contribution in [0.5, 0.6) is 5.75 Å². The average Bonchev–Trinajstić information content (AvgIpc) is 2.77. The number of nitrogens with zero attached hydrogens (tertiary/aromatic N) is 3. The van der Waals surface area contributed by atoms with E-state index < -0.39 is 5.97 Å². The molecule has 1 aromatic carbocycles. The summed E-state index contributed by atoms with van der Waals surface area (Å²) >= 11 is 0. The summed E-state index contributed by atoms with van der Waals surface area (Å²) in [7, 11) is 1.33. The summed E-state index contributed by atoms with van der Waals surface area (Å²) in [4.78, 5) is 21.9. The molecule has 0 radical (unpaired) electrons. The van der Waals surface area contributed by atoms with Gasteiger partial charge in [-0.1, -0.05) is 12.1 Å². The summed E-state index contributed by atoms with van der Waals surface area (Å²) < 4.78 is 15.7. The van der Waals surface area contributed by atoms with Crippen molar-refractivity contribution in [2.24, 2.45) is 0 Å². The Balaban J connectivity index is 1.36. The van der Waals surface area contributed by atoms with Crippen LogP contribution in [0.1, 0.15) is 11.3 Å². The van der Waals surface area contributed by atoms with Crippen molar-refractivity contribution < 1.29 is 19.0 Å². The van der Waals surface area contributed by atoms with Crippen molar-refractivity contribution in [2.75, 3.05) is 51.9 Å². The zero-order chi connectivity index (χ0) is 20.3. The normalized spacial score (nSPS) is 14.7. The number of morpholine rings is 1. The maximum Gasteiger partial charge on any atom is 0.330 e. The first-order valence-corrected chi connectivity index (χ1v) is 9.57. The van der Waals surface area contributed by atoms with Crippen LogP contribution in [0.4, 0.5) is 5.82 Å². The lowest BCUT2D eigenvalue weighted by Gasteiger charge is -2.26. The van der Waals surface area contributed by atoms with Crippen LogP contribution in [-0.4, -0.2) is 67.4 Å². The quantitative estimate of drug-likeness (QED) is 0.390. The molecule has 1 N–H and O–H groups in total. The summed E-state index contributed by atoms with van der Waals surface area (Å²) in [5.41, 5.74) is 1.85. The number of nitrogens with one attached hydrogen (secondary N) is 1. The van der Waals surface area contributed by atoms with E-state index in [4.69, 9.17) is 9.47 Å². The van der Waals surface area contributed by atoms with Crippen molar-refractivity contribution in [3.05, 3.63) is 54.0 Å². The van der Waals surface area contributed by atoms with E-state index in [9.17, 15) is 4.79 Å². The molecule has 1 fully saturated rings. The number of carbonyl (C=O) groups excluding carboxylic acids is 1. The fourth-order valence-electron chi connectivity index (χ4n) is 2.79. The molecule has 0 amide bonds. The summed E-state index contributed by atoms with van der Waals surface area (Å²) in [5.74, 6) is 1.05. The van der Waals surface area contributed by atoms with E-state index in [0.29, 0.717) is 24.7 Å². The largest absolute Gasteiger partial charge is 0.492 e. The number of rotatable bonds is 9. The van der Waals surface area contributed by atoms with Gasteiger partial charge in [-0.25, -0.2) is 9.78 Å². The molecule has 1 aliphatic rings. The SMILES string of the molecule is COC(=O)C=Cc1cnc(NCCOc2ccc(CN3CCOCC3)cc2)cn1. The van der Waals surface area contributed by atoms with Crippen LogP contribution in [0.2, 0.25) is 0 Å². The van der Waals surface area contributed by atoms with Gasteiger partial charge in [0.25, 0.3) is 0 Å². The number of hydrogen-bond donors (Lipinski definition) is 1. The molecule has 1 aromatic heterocycles. The molecule has 2 aromatic rings. The minimum atomic E-state index is -0.430. The van der Waals surface area contributed by atoms with Gasteiger partial charge in [-0.15, -0.1) is 0 Å². The van der Waals surface area contributed by atoms with Gasteiger partial charge in [-0.2, -0.15) is 0 Å². The Hall–Kier alpha value is -2.97. The minimum absolute atomic E-state index is 0.430. The lowest BCUT2D eigenvalue weighted by atomic mass is 10.2. The van der Waals surface area contributed by atoms with E-state index >= 15 is 0 Å². The first-order valence-electron chi connectivity index (χ1n) is 9.57. The molecule has 0 aliphatic carbocycles. The highest BCUT2D eigenvalue weighted by atomic mass is 16.5. The maximum atomic E-state index is 11.1. The van der Waals surface area contributed by atoms with Gasteiger partial charge >= 0.3 is 5.97 Å². The second-order valence-electron chi connectivity index (χ2n) is 6.49. The van der Waals surface area contributed by atoms with Crippen LogP contribution in [0, 0.1) is 0 Å². The average molecular weight is 398 g/mol. The van der Waals surface area contributed by atoms with Crippen molar-refractivity contribution in [3.63, 3.8) is 0 Å². The molecule has 3 rings (SSSR count). The standard InChI is InChI=1S/C21H26N4O4/c1-27-21(26)7-4-18-14-24-20(15-23-18)22-8-11-29-19-5-2-17(3-6-19)16-25-9-12-28-13-10-25/h2-7,14-15H,8-13,16H2,1H3,(H,22,24). The molecule has 1 saturated heterocycles. The van der Waals surface area contributed by atoms with Crippen LogP contribution in [0.15, 0.2) is 42.7 Å².